The highest BCUT2D eigenvalue weighted by molar-refractivity contribution is 5.15. The van der Waals surface area contributed by atoms with Gasteiger partial charge in [0.05, 0.1) is 11.8 Å². The van der Waals surface area contributed by atoms with E-state index >= 15 is 0 Å². The van der Waals surface area contributed by atoms with Gasteiger partial charge in [0.15, 0.2) is 0 Å². The Morgan fingerprint density at radius 2 is 2.13 bits per heavy atom. The van der Waals surface area contributed by atoms with Crippen LogP contribution >= 0.6 is 0 Å². The number of aryl methyl sites for hydroxylation is 1. The van der Waals surface area contributed by atoms with Gasteiger partial charge in [-0.3, -0.25) is 9.67 Å². The van der Waals surface area contributed by atoms with Gasteiger partial charge < -0.3 is 5.11 Å². The molecule has 0 bridgehead atoms. The molecule has 0 fully saturated rings. The Morgan fingerprint density at radius 3 is 2.73 bits per heavy atom. The van der Waals surface area contributed by atoms with Crippen LogP contribution in [0.4, 0.5) is 0 Å². The van der Waals surface area contributed by atoms with Crippen molar-refractivity contribution in [3.05, 3.63) is 42.0 Å². The Hall–Kier alpha value is -1.75. The summed E-state index contributed by atoms with van der Waals surface area (Å²) in [4.78, 5) is 3.90. The Labute approximate surface area is 87.4 Å². The molecule has 0 saturated heterocycles. The lowest BCUT2D eigenvalue weighted by Gasteiger charge is -2.07. The first kappa shape index (κ1) is 9.79. The van der Waals surface area contributed by atoms with Gasteiger partial charge in [-0.05, 0) is 17.7 Å². The zero-order valence-electron chi connectivity index (χ0n) is 8.41. The quantitative estimate of drug-likeness (QED) is 0.790. The summed E-state index contributed by atoms with van der Waals surface area (Å²) in [5.41, 5.74) is 1.62. The maximum Gasteiger partial charge on any atom is 0.0856 e. The minimum absolute atomic E-state index is 0.470. The molecular weight excluding hydrogens is 192 g/mol. The summed E-state index contributed by atoms with van der Waals surface area (Å²) in [6.45, 7) is 0. The van der Waals surface area contributed by atoms with Crippen molar-refractivity contribution in [1.29, 1.82) is 0 Å². The van der Waals surface area contributed by atoms with Gasteiger partial charge in [-0.2, -0.15) is 0 Å². The van der Waals surface area contributed by atoms with Crippen LogP contribution in [0.3, 0.4) is 0 Å². The Morgan fingerprint density at radius 1 is 1.40 bits per heavy atom. The van der Waals surface area contributed by atoms with E-state index in [9.17, 15) is 5.11 Å². The molecule has 0 radical (unpaired) electrons. The van der Waals surface area contributed by atoms with Crippen LogP contribution < -0.4 is 0 Å². The van der Waals surface area contributed by atoms with Crippen LogP contribution in [-0.4, -0.2) is 25.1 Å². The van der Waals surface area contributed by atoms with E-state index in [1.807, 2.05) is 0 Å². The topological polar surface area (TPSA) is 63.8 Å². The number of rotatable bonds is 3. The molecule has 5 heteroatoms. The second-order valence-corrected chi connectivity index (χ2v) is 3.38. The molecule has 1 N–H and O–H groups in total. The highest BCUT2D eigenvalue weighted by Gasteiger charge is 2.10. The van der Waals surface area contributed by atoms with E-state index in [4.69, 9.17) is 0 Å². The van der Waals surface area contributed by atoms with Gasteiger partial charge in [0.2, 0.25) is 0 Å². The maximum absolute atomic E-state index is 9.88. The molecule has 78 valence electrons. The van der Waals surface area contributed by atoms with Crippen molar-refractivity contribution in [3.8, 4) is 0 Å². The molecule has 5 nitrogen and oxygen atoms in total. The molecule has 2 heterocycles. The summed E-state index contributed by atoms with van der Waals surface area (Å²) in [6.07, 6.45) is 5.04. The van der Waals surface area contributed by atoms with E-state index in [0.717, 1.165) is 11.3 Å². The van der Waals surface area contributed by atoms with Gasteiger partial charge in [0, 0.05) is 32.1 Å². The van der Waals surface area contributed by atoms with Crippen molar-refractivity contribution in [2.75, 3.05) is 0 Å². The molecule has 2 aromatic rings. The van der Waals surface area contributed by atoms with Gasteiger partial charge in [-0.15, -0.1) is 5.10 Å². The molecule has 15 heavy (non-hydrogen) atoms. The van der Waals surface area contributed by atoms with Crippen LogP contribution in [0.15, 0.2) is 30.7 Å². The highest BCUT2D eigenvalue weighted by Crippen LogP contribution is 2.15. The lowest BCUT2D eigenvalue weighted by atomic mass is 10.1. The summed E-state index contributed by atoms with van der Waals surface area (Å²) in [6, 6.07) is 3.59. The number of aliphatic hydroxyl groups is 1. The predicted octanol–water partition coefficient (Wildman–Crippen LogP) is 0.486. The fourth-order valence-electron chi connectivity index (χ4n) is 1.39. The molecule has 2 aromatic heterocycles. The zero-order chi connectivity index (χ0) is 10.7. The summed E-state index contributed by atoms with van der Waals surface area (Å²) < 4.78 is 1.62. The lowest BCUT2D eigenvalue weighted by molar-refractivity contribution is 0.177. The van der Waals surface area contributed by atoms with Crippen LogP contribution in [0.1, 0.15) is 17.4 Å². The largest absolute Gasteiger partial charge is 0.388 e. The van der Waals surface area contributed by atoms with Crippen molar-refractivity contribution >= 4 is 0 Å². The molecule has 2 rings (SSSR count). The minimum Gasteiger partial charge on any atom is -0.388 e. The first-order valence-electron chi connectivity index (χ1n) is 4.69. The normalized spacial score (nSPS) is 12.7. The number of aliphatic hydroxyl groups excluding tert-OH is 1. The van der Waals surface area contributed by atoms with Crippen LogP contribution in [0, 0.1) is 0 Å². The number of aromatic nitrogens is 4. The molecule has 1 unspecified atom stereocenters. The van der Waals surface area contributed by atoms with E-state index in [1.165, 1.54) is 0 Å². The van der Waals surface area contributed by atoms with Crippen LogP contribution in [0.5, 0.6) is 0 Å². The predicted molar refractivity (Wildman–Crippen MR) is 53.9 cm³/mol. The molecule has 1 atom stereocenters. The number of pyridine rings is 1. The highest BCUT2D eigenvalue weighted by atomic mass is 16.3. The van der Waals surface area contributed by atoms with Crippen molar-refractivity contribution in [3.63, 3.8) is 0 Å². The van der Waals surface area contributed by atoms with Crippen LogP contribution in [0.25, 0.3) is 0 Å². The molecule has 0 aliphatic rings. The van der Waals surface area contributed by atoms with E-state index in [1.54, 1.807) is 42.5 Å². The van der Waals surface area contributed by atoms with E-state index < -0.39 is 6.10 Å². The fourth-order valence-corrected chi connectivity index (χ4v) is 1.39. The van der Waals surface area contributed by atoms with E-state index in [-0.39, 0.29) is 0 Å². The van der Waals surface area contributed by atoms with E-state index in [2.05, 4.69) is 15.3 Å². The molecule has 0 aliphatic heterocycles. The molecule has 0 amide bonds. The van der Waals surface area contributed by atoms with E-state index in [0.29, 0.717) is 6.42 Å². The van der Waals surface area contributed by atoms with Gasteiger partial charge in [-0.25, -0.2) is 0 Å². The van der Waals surface area contributed by atoms with Gasteiger partial charge in [-0.1, -0.05) is 5.21 Å². The van der Waals surface area contributed by atoms with Gasteiger partial charge >= 0.3 is 0 Å². The molecule has 0 saturated carbocycles. The standard InChI is InChI=1S/C10H12N4O/c1-14-7-9(12-13-14)6-10(15)8-2-4-11-5-3-8/h2-5,7,10,15H,6H2,1H3. The average Bonchev–Trinajstić information content (AvgIpc) is 2.65. The number of hydrogen-bond acceptors (Lipinski definition) is 4. The summed E-state index contributed by atoms with van der Waals surface area (Å²) in [5, 5.41) is 17.6. The minimum atomic E-state index is -0.551. The Bertz CT molecular complexity index is 426. The third-order valence-electron chi connectivity index (χ3n) is 2.14. The summed E-state index contributed by atoms with van der Waals surface area (Å²) in [7, 11) is 1.80. The maximum atomic E-state index is 9.88. The van der Waals surface area contributed by atoms with Crippen molar-refractivity contribution in [1.82, 2.24) is 20.0 Å². The second-order valence-electron chi connectivity index (χ2n) is 3.38. The van der Waals surface area contributed by atoms with Gasteiger partial charge in [0.25, 0.3) is 0 Å². The number of nitrogens with zero attached hydrogens (tertiary/aromatic N) is 4. The molecule has 0 aromatic carbocycles. The van der Waals surface area contributed by atoms with Crippen molar-refractivity contribution < 1.29 is 5.11 Å². The molecule has 0 aliphatic carbocycles. The Balaban J connectivity index is 2.07. The third kappa shape index (κ3) is 2.38. The van der Waals surface area contributed by atoms with Crippen LogP contribution in [-0.2, 0) is 13.5 Å². The summed E-state index contributed by atoms with van der Waals surface area (Å²) >= 11 is 0. The zero-order valence-corrected chi connectivity index (χ0v) is 8.41. The van der Waals surface area contributed by atoms with Crippen LogP contribution in [0.2, 0.25) is 0 Å². The molecular formula is C10H12N4O. The van der Waals surface area contributed by atoms with Crippen molar-refractivity contribution in [2.24, 2.45) is 7.05 Å². The smallest absolute Gasteiger partial charge is 0.0856 e. The van der Waals surface area contributed by atoms with Gasteiger partial charge in [0.1, 0.15) is 0 Å². The second kappa shape index (κ2) is 4.18. The fraction of sp³-hybridized carbons (Fsp3) is 0.300. The Kier molecular flexibility index (Phi) is 2.73. The van der Waals surface area contributed by atoms with Crippen molar-refractivity contribution in [2.45, 2.75) is 12.5 Å². The first-order valence-corrected chi connectivity index (χ1v) is 4.69. The first-order chi connectivity index (χ1) is 7.25. The molecule has 0 spiro atoms. The summed E-state index contributed by atoms with van der Waals surface area (Å²) in [5.74, 6) is 0. The average molecular weight is 204 g/mol. The third-order valence-corrected chi connectivity index (χ3v) is 2.14. The monoisotopic (exact) mass is 204 g/mol. The SMILES string of the molecule is Cn1cc(CC(O)c2ccncc2)nn1. The number of hydrogen-bond donors (Lipinski definition) is 1. The lowest BCUT2D eigenvalue weighted by Crippen LogP contribution is -2.02.